The van der Waals surface area contributed by atoms with Crippen molar-refractivity contribution in [3.05, 3.63) is 53.0 Å². The van der Waals surface area contributed by atoms with Crippen LogP contribution in [0.25, 0.3) is 0 Å². The minimum Gasteiger partial charge on any atom is -0.360 e. The van der Waals surface area contributed by atoms with E-state index < -0.39 is 0 Å². The van der Waals surface area contributed by atoms with Gasteiger partial charge in [-0.25, -0.2) is 9.97 Å². The number of carbonyl (C=O) groups excluding carboxylic acids is 1. The summed E-state index contributed by atoms with van der Waals surface area (Å²) >= 11 is 0. The number of hydrogen-bond acceptors (Lipinski definition) is 4. The number of aryl methyl sites for hydroxylation is 1. The average molecular weight is 352 g/mol. The first-order chi connectivity index (χ1) is 12.5. The molecule has 2 heterocycles. The van der Waals surface area contributed by atoms with Gasteiger partial charge in [-0.3, -0.25) is 4.79 Å². The van der Waals surface area contributed by atoms with Crippen molar-refractivity contribution in [1.82, 2.24) is 14.9 Å². The van der Waals surface area contributed by atoms with Crippen molar-refractivity contribution in [2.45, 2.75) is 46.1 Å². The highest BCUT2D eigenvalue weighted by molar-refractivity contribution is 5.84. The van der Waals surface area contributed by atoms with Crippen molar-refractivity contribution in [3.8, 4) is 0 Å². The van der Waals surface area contributed by atoms with Crippen LogP contribution in [0, 0.1) is 6.92 Å². The predicted octanol–water partition coefficient (Wildman–Crippen LogP) is 3.32. The molecular formula is C21H28N4O. The van der Waals surface area contributed by atoms with Gasteiger partial charge in [-0.15, -0.1) is 0 Å². The van der Waals surface area contributed by atoms with E-state index in [0.717, 1.165) is 54.4 Å². The van der Waals surface area contributed by atoms with E-state index in [1.165, 1.54) is 0 Å². The fraction of sp³-hybridized carbons (Fsp3) is 0.476. The van der Waals surface area contributed by atoms with Gasteiger partial charge in [0.05, 0.1) is 18.2 Å². The van der Waals surface area contributed by atoms with Crippen LogP contribution < -0.4 is 4.90 Å². The lowest BCUT2D eigenvalue weighted by Gasteiger charge is -2.33. The monoisotopic (exact) mass is 352 g/mol. The van der Waals surface area contributed by atoms with Gasteiger partial charge in [0.15, 0.2) is 0 Å². The normalized spacial score (nSPS) is 14.7. The number of benzene rings is 1. The Morgan fingerprint density at radius 2 is 1.96 bits per heavy atom. The van der Waals surface area contributed by atoms with Crippen molar-refractivity contribution in [2.24, 2.45) is 0 Å². The Kier molecular flexibility index (Phi) is 5.55. The van der Waals surface area contributed by atoms with Crippen LogP contribution in [0.2, 0.25) is 0 Å². The lowest BCUT2D eigenvalue weighted by molar-refractivity contribution is -0.133. The van der Waals surface area contributed by atoms with Crippen LogP contribution in [0.4, 0.5) is 5.82 Å². The Morgan fingerprint density at radius 1 is 1.23 bits per heavy atom. The maximum absolute atomic E-state index is 13.2. The number of hydrogen-bond donors (Lipinski definition) is 0. The highest BCUT2D eigenvalue weighted by Gasteiger charge is 2.30. The SMILES string of the molecule is CC[C@@H](C(=O)N1CCc2nc(C)nc(N(C)CC)c2C1)c1ccccc1. The molecule has 138 valence electrons. The minimum absolute atomic E-state index is 0.0866. The summed E-state index contributed by atoms with van der Waals surface area (Å²) in [5.74, 6) is 1.88. The molecule has 0 unspecified atom stereocenters. The van der Waals surface area contributed by atoms with Crippen LogP contribution in [-0.2, 0) is 17.8 Å². The summed E-state index contributed by atoms with van der Waals surface area (Å²) in [5.41, 5.74) is 3.28. The zero-order valence-electron chi connectivity index (χ0n) is 16.2. The van der Waals surface area contributed by atoms with E-state index in [2.05, 4.69) is 28.7 Å². The second-order valence-corrected chi connectivity index (χ2v) is 6.92. The molecule has 1 aliphatic heterocycles. The average Bonchev–Trinajstić information content (AvgIpc) is 2.67. The number of aromatic nitrogens is 2. The summed E-state index contributed by atoms with van der Waals surface area (Å²) in [6.07, 6.45) is 1.60. The lowest BCUT2D eigenvalue weighted by Crippen LogP contribution is -2.40. The van der Waals surface area contributed by atoms with E-state index in [-0.39, 0.29) is 11.8 Å². The van der Waals surface area contributed by atoms with Crippen LogP contribution in [0.1, 0.15) is 48.8 Å². The summed E-state index contributed by atoms with van der Waals surface area (Å²) in [6, 6.07) is 10.1. The van der Waals surface area contributed by atoms with E-state index in [1.807, 2.05) is 49.2 Å². The van der Waals surface area contributed by atoms with Gasteiger partial charge >= 0.3 is 0 Å². The molecule has 2 aromatic rings. The molecule has 5 nitrogen and oxygen atoms in total. The molecule has 1 aromatic carbocycles. The molecule has 0 spiro atoms. The Morgan fingerprint density at radius 3 is 2.62 bits per heavy atom. The molecule has 5 heteroatoms. The third kappa shape index (κ3) is 3.57. The fourth-order valence-electron chi connectivity index (χ4n) is 3.63. The van der Waals surface area contributed by atoms with Gasteiger partial charge in [-0.2, -0.15) is 0 Å². The summed E-state index contributed by atoms with van der Waals surface area (Å²) in [6.45, 7) is 8.32. The van der Waals surface area contributed by atoms with Gasteiger partial charge in [0.1, 0.15) is 11.6 Å². The molecule has 3 rings (SSSR count). The van der Waals surface area contributed by atoms with E-state index >= 15 is 0 Å². The number of carbonyl (C=O) groups is 1. The van der Waals surface area contributed by atoms with Gasteiger partial charge in [-0.1, -0.05) is 37.3 Å². The number of rotatable bonds is 5. The number of fused-ring (bicyclic) bond motifs is 1. The minimum atomic E-state index is -0.0866. The lowest BCUT2D eigenvalue weighted by atomic mass is 9.93. The predicted molar refractivity (Wildman–Crippen MR) is 104 cm³/mol. The van der Waals surface area contributed by atoms with E-state index in [0.29, 0.717) is 6.54 Å². The third-order valence-electron chi connectivity index (χ3n) is 5.21. The Bertz CT molecular complexity index is 775. The van der Waals surface area contributed by atoms with E-state index in [9.17, 15) is 4.79 Å². The zero-order chi connectivity index (χ0) is 18.7. The van der Waals surface area contributed by atoms with Gasteiger partial charge in [0, 0.05) is 32.1 Å². The number of nitrogens with zero attached hydrogens (tertiary/aromatic N) is 4. The maximum atomic E-state index is 13.2. The number of anilines is 1. The van der Waals surface area contributed by atoms with Crippen molar-refractivity contribution in [2.75, 3.05) is 25.0 Å². The quantitative estimate of drug-likeness (QED) is 0.828. The molecule has 1 aliphatic rings. The van der Waals surface area contributed by atoms with Gasteiger partial charge in [0.2, 0.25) is 5.91 Å². The second-order valence-electron chi connectivity index (χ2n) is 6.92. The first-order valence-corrected chi connectivity index (χ1v) is 9.46. The molecule has 0 N–H and O–H groups in total. The molecule has 0 saturated carbocycles. The van der Waals surface area contributed by atoms with E-state index in [1.54, 1.807) is 0 Å². The topological polar surface area (TPSA) is 49.3 Å². The molecule has 0 radical (unpaired) electrons. The number of amides is 1. The van der Waals surface area contributed by atoms with Gasteiger partial charge in [-0.05, 0) is 25.8 Å². The Hall–Kier alpha value is -2.43. The van der Waals surface area contributed by atoms with Crippen molar-refractivity contribution in [1.29, 1.82) is 0 Å². The van der Waals surface area contributed by atoms with Gasteiger partial charge in [0.25, 0.3) is 0 Å². The molecular weight excluding hydrogens is 324 g/mol. The fourth-order valence-corrected chi connectivity index (χ4v) is 3.63. The van der Waals surface area contributed by atoms with Crippen LogP contribution >= 0.6 is 0 Å². The Balaban J connectivity index is 1.88. The largest absolute Gasteiger partial charge is 0.360 e. The first kappa shape index (κ1) is 18.4. The van der Waals surface area contributed by atoms with Crippen LogP contribution in [-0.4, -0.2) is 40.9 Å². The molecule has 0 saturated heterocycles. The highest BCUT2D eigenvalue weighted by Crippen LogP contribution is 2.29. The Labute approximate surface area is 156 Å². The summed E-state index contributed by atoms with van der Waals surface area (Å²) in [7, 11) is 2.04. The zero-order valence-corrected chi connectivity index (χ0v) is 16.2. The first-order valence-electron chi connectivity index (χ1n) is 9.46. The van der Waals surface area contributed by atoms with Gasteiger partial charge < -0.3 is 9.80 Å². The third-order valence-corrected chi connectivity index (χ3v) is 5.21. The summed E-state index contributed by atoms with van der Waals surface area (Å²) in [5, 5.41) is 0. The van der Waals surface area contributed by atoms with Crippen LogP contribution in [0.3, 0.4) is 0 Å². The molecule has 1 amide bonds. The van der Waals surface area contributed by atoms with Crippen molar-refractivity contribution < 1.29 is 4.79 Å². The smallest absolute Gasteiger partial charge is 0.230 e. The van der Waals surface area contributed by atoms with E-state index in [4.69, 9.17) is 0 Å². The van der Waals surface area contributed by atoms with Crippen LogP contribution in [0.15, 0.2) is 30.3 Å². The molecule has 26 heavy (non-hydrogen) atoms. The molecule has 1 aromatic heterocycles. The summed E-state index contributed by atoms with van der Waals surface area (Å²) < 4.78 is 0. The van der Waals surface area contributed by atoms with Crippen LogP contribution in [0.5, 0.6) is 0 Å². The second kappa shape index (κ2) is 7.85. The standard InChI is InChI=1S/C21H28N4O/c1-5-17(16-10-8-7-9-11-16)21(26)25-13-12-19-18(14-25)20(24(4)6-2)23-15(3)22-19/h7-11,17H,5-6,12-14H2,1-4H3/t17-/m1/s1. The highest BCUT2D eigenvalue weighted by atomic mass is 16.2. The van der Waals surface area contributed by atoms with Crippen molar-refractivity contribution >= 4 is 11.7 Å². The molecule has 0 bridgehead atoms. The molecule has 0 aliphatic carbocycles. The maximum Gasteiger partial charge on any atom is 0.230 e. The molecule has 0 fully saturated rings. The van der Waals surface area contributed by atoms with Crippen molar-refractivity contribution in [3.63, 3.8) is 0 Å². The summed E-state index contributed by atoms with van der Waals surface area (Å²) in [4.78, 5) is 26.6. The molecule has 1 atom stereocenters.